The number of anilines is 1. The van der Waals surface area contributed by atoms with E-state index in [9.17, 15) is 14.4 Å². The topological polar surface area (TPSA) is 113 Å². The van der Waals surface area contributed by atoms with Gasteiger partial charge in [-0.25, -0.2) is 4.98 Å². The molecule has 1 saturated heterocycles. The summed E-state index contributed by atoms with van der Waals surface area (Å²) in [5, 5.41) is 6.83. The standard InChI is InChI=1S/C17H22N6O3/c1-10-5-4-6-22(9-10)16(26)15(25)19-13-7-12(3)21-23(13)17-18-11(2)8-14(24)20-17/h7-8,10H,4-6,9H2,1-3H3,(H,19,25)(H,18,20,24). The lowest BCUT2D eigenvalue weighted by Crippen LogP contribution is -2.44. The Balaban J connectivity index is 1.83. The normalized spacial score (nSPS) is 17.2. The predicted molar refractivity (Wildman–Crippen MR) is 95.1 cm³/mol. The van der Waals surface area contributed by atoms with Gasteiger partial charge in [-0.3, -0.25) is 19.4 Å². The maximum Gasteiger partial charge on any atom is 0.315 e. The molecule has 0 radical (unpaired) electrons. The fourth-order valence-electron chi connectivity index (χ4n) is 3.10. The van der Waals surface area contributed by atoms with Gasteiger partial charge >= 0.3 is 11.8 Å². The first-order chi connectivity index (χ1) is 12.3. The van der Waals surface area contributed by atoms with Crippen LogP contribution < -0.4 is 10.9 Å². The van der Waals surface area contributed by atoms with Crippen LogP contribution in [0, 0.1) is 19.8 Å². The van der Waals surface area contributed by atoms with E-state index in [1.54, 1.807) is 24.8 Å². The average molecular weight is 358 g/mol. The van der Waals surface area contributed by atoms with E-state index in [1.165, 1.54) is 10.7 Å². The third-order valence-electron chi connectivity index (χ3n) is 4.27. The zero-order valence-corrected chi connectivity index (χ0v) is 15.1. The first-order valence-corrected chi connectivity index (χ1v) is 8.59. The van der Waals surface area contributed by atoms with Crippen LogP contribution in [0.1, 0.15) is 31.2 Å². The molecule has 9 nitrogen and oxygen atoms in total. The maximum atomic E-state index is 12.4. The minimum absolute atomic E-state index is 0.178. The highest BCUT2D eigenvalue weighted by Crippen LogP contribution is 2.17. The summed E-state index contributed by atoms with van der Waals surface area (Å²) in [6.07, 6.45) is 1.95. The molecule has 1 atom stereocenters. The van der Waals surface area contributed by atoms with Crippen LogP contribution in [0.4, 0.5) is 5.82 Å². The van der Waals surface area contributed by atoms with Crippen molar-refractivity contribution >= 4 is 17.6 Å². The van der Waals surface area contributed by atoms with Crippen LogP contribution in [0.25, 0.3) is 5.95 Å². The smallest absolute Gasteiger partial charge is 0.315 e. The number of rotatable bonds is 2. The minimum atomic E-state index is -0.727. The summed E-state index contributed by atoms with van der Waals surface area (Å²) in [5.74, 6) is -0.449. The fraction of sp³-hybridized carbons (Fsp3) is 0.471. The van der Waals surface area contributed by atoms with Crippen LogP contribution in [-0.2, 0) is 9.59 Å². The van der Waals surface area contributed by atoms with E-state index in [0.29, 0.717) is 30.4 Å². The summed E-state index contributed by atoms with van der Waals surface area (Å²) in [5.41, 5.74) is 0.812. The third-order valence-corrected chi connectivity index (χ3v) is 4.27. The molecular formula is C17H22N6O3. The van der Waals surface area contributed by atoms with Gasteiger partial charge in [-0.15, -0.1) is 0 Å². The van der Waals surface area contributed by atoms with E-state index >= 15 is 0 Å². The molecule has 3 heterocycles. The number of H-pyrrole nitrogens is 1. The number of carbonyl (C=O) groups excluding carboxylic acids is 2. The van der Waals surface area contributed by atoms with E-state index in [1.807, 2.05) is 0 Å². The number of aromatic nitrogens is 4. The number of piperidine rings is 1. The van der Waals surface area contributed by atoms with Gasteiger partial charge in [0.15, 0.2) is 0 Å². The summed E-state index contributed by atoms with van der Waals surface area (Å²) >= 11 is 0. The molecule has 1 aliphatic rings. The lowest BCUT2D eigenvalue weighted by atomic mass is 10.0. The lowest BCUT2D eigenvalue weighted by Gasteiger charge is -2.30. The predicted octanol–water partition coefficient (Wildman–Crippen LogP) is 0.769. The molecule has 2 aromatic rings. The number of hydrogen-bond donors (Lipinski definition) is 2. The molecule has 3 rings (SSSR count). The molecule has 138 valence electrons. The SMILES string of the molecule is Cc1cc(=O)[nH]c(-n2nc(C)cc2NC(=O)C(=O)N2CCCC(C)C2)n1. The molecule has 2 aromatic heterocycles. The second-order valence-corrected chi connectivity index (χ2v) is 6.75. The number of aryl methyl sites for hydroxylation is 2. The number of amides is 2. The quantitative estimate of drug-likeness (QED) is 0.770. The van der Waals surface area contributed by atoms with Crippen LogP contribution in [0.3, 0.4) is 0 Å². The van der Waals surface area contributed by atoms with Gasteiger partial charge in [-0.2, -0.15) is 9.78 Å². The molecular weight excluding hydrogens is 336 g/mol. The molecule has 1 fully saturated rings. The number of hydrogen-bond acceptors (Lipinski definition) is 5. The fourth-order valence-corrected chi connectivity index (χ4v) is 3.10. The van der Waals surface area contributed by atoms with Crippen LogP contribution in [0.2, 0.25) is 0 Å². The average Bonchev–Trinajstić information content (AvgIpc) is 2.93. The molecule has 0 spiro atoms. The molecule has 0 aliphatic carbocycles. The molecule has 0 saturated carbocycles. The number of nitrogens with zero attached hydrogens (tertiary/aromatic N) is 4. The highest BCUT2D eigenvalue weighted by molar-refractivity contribution is 6.39. The molecule has 0 bridgehead atoms. The summed E-state index contributed by atoms with van der Waals surface area (Å²) in [4.78, 5) is 44.9. The van der Waals surface area contributed by atoms with Gasteiger partial charge in [0, 0.05) is 30.9 Å². The van der Waals surface area contributed by atoms with Crippen LogP contribution in [0.5, 0.6) is 0 Å². The van der Waals surface area contributed by atoms with Crippen molar-refractivity contribution in [2.75, 3.05) is 18.4 Å². The van der Waals surface area contributed by atoms with Gasteiger partial charge in [0.05, 0.1) is 5.69 Å². The third kappa shape index (κ3) is 3.81. The number of likely N-dealkylation sites (tertiary alicyclic amines) is 1. The van der Waals surface area contributed by atoms with Gasteiger partial charge in [-0.1, -0.05) is 6.92 Å². The summed E-state index contributed by atoms with van der Waals surface area (Å²) < 4.78 is 1.31. The van der Waals surface area contributed by atoms with Crippen molar-refractivity contribution in [2.24, 2.45) is 5.92 Å². The second-order valence-electron chi connectivity index (χ2n) is 6.75. The van der Waals surface area contributed by atoms with E-state index in [2.05, 4.69) is 27.3 Å². The zero-order valence-electron chi connectivity index (χ0n) is 15.1. The molecule has 1 unspecified atom stereocenters. The Bertz CT molecular complexity index is 900. The van der Waals surface area contributed by atoms with E-state index in [0.717, 1.165) is 12.8 Å². The van der Waals surface area contributed by atoms with Gasteiger partial charge in [0.25, 0.3) is 5.56 Å². The molecule has 0 aromatic carbocycles. The summed E-state index contributed by atoms with van der Waals surface area (Å²) in [6, 6.07) is 2.98. The Hall–Kier alpha value is -2.97. The van der Waals surface area contributed by atoms with Crippen molar-refractivity contribution in [1.29, 1.82) is 0 Å². The highest BCUT2D eigenvalue weighted by Gasteiger charge is 2.27. The molecule has 2 amide bonds. The Labute approximate surface area is 150 Å². The first kappa shape index (κ1) is 17.8. The zero-order chi connectivity index (χ0) is 18.8. The molecule has 2 N–H and O–H groups in total. The first-order valence-electron chi connectivity index (χ1n) is 8.59. The van der Waals surface area contributed by atoms with Crippen molar-refractivity contribution < 1.29 is 9.59 Å². The Morgan fingerprint density at radius 2 is 2.04 bits per heavy atom. The van der Waals surface area contributed by atoms with Gasteiger partial charge < -0.3 is 10.2 Å². The molecule has 1 aliphatic heterocycles. The van der Waals surface area contributed by atoms with Crippen molar-refractivity contribution in [3.8, 4) is 5.95 Å². The second kappa shape index (κ2) is 7.11. The lowest BCUT2D eigenvalue weighted by molar-refractivity contribution is -0.144. The largest absolute Gasteiger partial charge is 0.334 e. The number of carbonyl (C=O) groups is 2. The van der Waals surface area contributed by atoms with E-state index in [-0.39, 0.29) is 17.3 Å². The Kier molecular flexibility index (Phi) is 4.88. The van der Waals surface area contributed by atoms with Crippen LogP contribution in [-0.4, -0.2) is 49.6 Å². The van der Waals surface area contributed by atoms with Crippen LogP contribution >= 0.6 is 0 Å². The highest BCUT2D eigenvalue weighted by atomic mass is 16.2. The summed E-state index contributed by atoms with van der Waals surface area (Å²) in [6.45, 7) is 6.66. The monoisotopic (exact) mass is 358 g/mol. The Morgan fingerprint density at radius 3 is 2.73 bits per heavy atom. The minimum Gasteiger partial charge on any atom is -0.334 e. The van der Waals surface area contributed by atoms with Crippen molar-refractivity contribution in [1.82, 2.24) is 24.6 Å². The maximum absolute atomic E-state index is 12.4. The Morgan fingerprint density at radius 1 is 1.27 bits per heavy atom. The van der Waals surface area contributed by atoms with Crippen molar-refractivity contribution in [2.45, 2.75) is 33.6 Å². The van der Waals surface area contributed by atoms with E-state index in [4.69, 9.17) is 0 Å². The van der Waals surface area contributed by atoms with Crippen molar-refractivity contribution in [3.63, 3.8) is 0 Å². The van der Waals surface area contributed by atoms with Crippen molar-refractivity contribution in [3.05, 3.63) is 33.9 Å². The number of nitrogens with one attached hydrogen (secondary N) is 2. The van der Waals surface area contributed by atoms with E-state index < -0.39 is 11.8 Å². The molecule has 9 heteroatoms. The number of aromatic amines is 1. The van der Waals surface area contributed by atoms with Gasteiger partial charge in [0.1, 0.15) is 5.82 Å². The van der Waals surface area contributed by atoms with Gasteiger partial charge in [0.2, 0.25) is 5.95 Å². The van der Waals surface area contributed by atoms with Crippen LogP contribution in [0.15, 0.2) is 16.9 Å². The molecule has 26 heavy (non-hydrogen) atoms. The van der Waals surface area contributed by atoms with Gasteiger partial charge in [-0.05, 0) is 32.6 Å². The summed E-state index contributed by atoms with van der Waals surface area (Å²) in [7, 11) is 0.